The van der Waals surface area contributed by atoms with Crippen LogP contribution >= 0.6 is 15.9 Å². The molecule has 6 nitrogen and oxygen atoms in total. The number of methoxy groups -OCH3 is 1. The molecule has 0 aliphatic rings. The minimum Gasteiger partial charge on any atom is -0.497 e. The van der Waals surface area contributed by atoms with Crippen LogP contribution in [-0.4, -0.2) is 44.6 Å². The van der Waals surface area contributed by atoms with E-state index >= 15 is 0 Å². The second-order valence-electron chi connectivity index (χ2n) is 6.80. The van der Waals surface area contributed by atoms with Crippen molar-refractivity contribution in [3.63, 3.8) is 0 Å². The van der Waals surface area contributed by atoms with Gasteiger partial charge in [0.15, 0.2) is 12.5 Å². The molecule has 0 amide bonds. The first kappa shape index (κ1) is 19.7. The summed E-state index contributed by atoms with van der Waals surface area (Å²) in [6, 6.07) is 5.93. The lowest BCUT2D eigenvalue weighted by molar-refractivity contribution is 0.0228. The molecule has 136 valence electrons. The van der Waals surface area contributed by atoms with Crippen LogP contribution in [0, 0.1) is 0 Å². The van der Waals surface area contributed by atoms with Gasteiger partial charge in [0.2, 0.25) is 0 Å². The van der Waals surface area contributed by atoms with Crippen LogP contribution in [0.1, 0.15) is 10.5 Å². The van der Waals surface area contributed by atoms with Gasteiger partial charge >= 0.3 is 5.97 Å². The summed E-state index contributed by atoms with van der Waals surface area (Å²) in [4.78, 5) is 15.5. The molecule has 1 N–H and O–H groups in total. The number of aromatic carboxylic acids is 1. The molecule has 0 unspecified atom stereocenters. The molecule has 0 aliphatic carbocycles. The van der Waals surface area contributed by atoms with E-state index in [-0.39, 0.29) is 12.5 Å². The maximum atomic E-state index is 11.3. The minimum absolute atomic E-state index is 0.0531. The van der Waals surface area contributed by atoms with E-state index < -0.39 is 14.0 Å². The summed E-state index contributed by atoms with van der Waals surface area (Å²) in [5.74, 6) is -0.0992. The normalized spacial score (nSPS) is 11.6. The lowest BCUT2D eigenvalue weighted by atomic mass is 10.1. The summed E-state index contributed by atoms with van der Waals surface area (Å²) in [6.07, 6.45) is 0. The minimum atomic E-state index is -1.16. The maximum absolute atomic E-state index is 11.3. The summed E-state index contributed by atoms with van der Waals surface area (Å²) < 4.78 is 17.1. The van der Waals surface area contributed by atoms with Gasteiger partial charge in [-0.25, -0.2) is 9.78 Å². The third-order valence-electron chi connectivity index (χ3n) is 3.55. The Hall–Kier alpha value is -1.64. The van der Waals surface area contributed by atoms with E-state index in [2.05, 4.69) is 40.6 Å². The Bertz CT molecular complexity index is 776. The summed E-state index contributed by atoms with van der Waals surface area (Å²) in [5, 5.41) is 9.93. The van der Waals surface area contributed by atoms with E-state index in [9.17, 15) is 9.90 Å². The Morgan fingerprint density at radius 3 is 2.60 bits per heavy atom. The second kappa shape index (κ2) is 8.16. The van der Waals surface area contributed by atoms with Gasteiger partial charge in [-0.05, 0) is 34.1 Å². The van der Waals surface area contributed by atoms with Crippen LogP contribution in [0.3, 0.4) is 0 Å². The molecule has 1 aromatic heterocycles. The van der Waals surface area contributed by atoms with Crippen molar-refractivity contribution < 1.29 is 24.1 Å². The number of halogens is 1. The van der Waals surface area contributed by atoms with Gasteiger partial charge in [0.05, 0.1) is 12.6 Å². The van der Waals surface area contributed by atoms with Gasteiger partial charge in [-0.1, -0.05) is 19.6 Å². The molecular formula is C17H22BrNO5Si. The van der Waals surface area contributed by atoms with Crippen molar-refractivity contribution in [2.75, 3.05) is 20.5 Å². The van der Waals surface area contributed by atoms with Crippen molar-refractivity contribution >= 4 is 40.9 Å². The number of fused-ring (bicyclic) bond motifs is 1. The van der Waals surface area contributed by atoms with Gasteiger partial charge in [0, 0.05) is 30.6 Å². The first-order valence-electron chi connectivity index (χ1n) is 7.83. The van der Waals surface area contributed by atoms with Crippen molar-refractivity contribution in [2.45, 2.75) is 25.7 Å². The molecule has 25 heavy (non-hydrogen) atoms. The number of ether oxygens (including phenoxy) is 3. The molecule has 0 atom stereocenters. The van der Waals surface area contributed by atoms with Gasteiger partial charge in [0.1, 0.15) is 11.5 Å². The van der Waals surface area contributed by atoms with E-state index in [1.807, 2.05) is 0 Å². The lowest BCUT2D eigenvalue weighted by Crippen LogP contribution is -2.22. The van der Waals surface area contributed by atoms with Crippen LogP contribution in [-0.2, 0) is 4.74 Å². The molecule has 0 saturated heterocycles. The molecule has 8 heteroatoms. The smallest absolute Gasteiger partial charge is 0.354 e. The number of nitrogens with zero attached hydrogens (tertiary/aromatic N) is 1. The molecule has 2 rings (SSSR count). The van der Waals surface area contributed by atoms with Crippen LogP contribution in [0.5, 0.6) is 11.5 Å². The molecule has 0 bridgehead atoms. The number of hydrogen-bond donors (Lipinski definition) is 1. The fourth-order valence-electron chi connectivity index (χ4n) is 2.12. The highest BCUT2D eigenvalue weighted by atomic mass is 79.9. The highest BCUT2D eigenvalue weighted by Gasteiger charge is 2.16. The van der Waals surface area contributed by atoms with E-state index in [1.54, 1.807) is 19.2 Å². The molecular weight excluding hydrogens is 406 g/mol. The molecule has 1 heterocycles. The van der Waals surface area contributed by atoms with E-state index in [4.69, 9.17) is 14.2 Å². The molecule has 0 spiro atoms. The van der Waals surface area contributed by atoms with Crippen LogP contribution in [0.15, 0.2) is 22.7 Å². The van der Waals surface area contributed by atoms with Crippen LogP contribution in [0.25, 0.3) is 10.9 Å². The highest BCUT2D eigenvalue weighted by molar-refractivity contribution is 9.10. The number of carbonyl (C=O) groups is 1. The standard InChI is InChI=1S/C17H22BrNO5Si/c1-22-11-7-12-15(24-10-23-5-6-25(2,3)4)9-14(17(20)21)19-16(12)13(18)8-11/h7-9H,5-6,10H2,1-4H3,(H,20,21). The maximum Gasteiger partial charge on any atom is 0.354 e. The number of carboxylic acid groups (broad SMARTS) is 1. The lowest BCUT2D eigenvalue weighted by Gasteiger charge is -2.16. The topological polar surface area (TPSA) is 77.9 Å². The summed E-state index contributed by atoms with van der Waals surface area (Å²) in [5.41, 5.74) is 0.410. The molecule has 0 radical (unpaired) electrons. The van der Waals surface area contributed by atoms with Gasteiger partial charge < -0.3 is 19.3 Å². The average molecular weight is 428 g/mol. The van der Waals surface area contributed by atoms with Crippen molar-refractivity contribution in [3.05, 3.63) is 28.4 Å². The number of pyridine rings is 1. The molecule has 0 aliphatic heterocycles. The first-order valence-corrected chi connectivity index (χ1v) is 12.3. The number of benzene rings is 1. The van der Waals surface area contributed by atoms with E-state index in [1.165, 1.54) is 6.07 Å². The average Bonchev–Trinajstić information content (AvgIpc) is 2.53. The Kier molecular flexibility index (Phi) is 6.42. The van der Waals surface area contributed by atoms with Crippen molar-refractivity contribution in [1.29, 1.82) is 0 Å². The van der Waals surface area contributed by atoms with Crippen molar-refractivity contribution in [2.24, 2.45) is 0 Å². The van der Waals surface area contributed by atoms with Crippen LogP contribution < -0.4 is 9.47 Å². The predicted molar refractivity (Wildman–Crippen MR) is 103 cm³/mol. The highest BCUT2D eigenvalue weighted by Crippen LogP contribution is 2.34. The zero-order valence-corrected chi connectivity index (χ0v) is 17.3. The second-order valence-corrected chi connectivity index (χ2v) is 13.3. The van der Waals surface area contributed by atoms with Gasteiger partial charge in [-0.15, -0.1) is 0 Å². The summed E-state index contributed by atoms with van der Waals surface area (Å²) in [6.45, 7) is 7.50. The molecule has 0 saturated carbocycles. The van der Waals surface area contributed by atoms with Crippen LogP contribution in [0.2, 0.25) is 25.7 Å². The predicted octanol–water partition coefficient (Wildman–Crippen LogP) is 4.40. The van der Waals surface area contributed by atoms with E-state index in [0.29, 0.717) is 33.5 Å². The Balaban J connectivity index is 2.26. The van der Waals surface area contributed by atoms with Crippen molar-refractivity contribution in [1.82, 2.24) is 4.98 Å². The zero-order chi connectivity index (χ0) is 18.6. The fourth-order valence-corrected chi connectivity index (χ4v) is 3.40. The largest absolute Gasteiger partial charge is 0.497 e. The first-order chi connectivity index (χ1) is 11.7. The van der Waals surface area contributed by atoms with Gasteiger partial charge in [-0.3, -0.25) is 0 Å². The number of carboxylic acids is 1. The Labute approximate surface area is 156 Å². The monoisotopic (exact) mass is 427 g/mol. The fraction of sp³-hybridized carbons (Fsp3) is 0.412. The molecule has 0 fully saturated rings. The quantitative estimate of drug-likeness (QED) is 0.382. The van der Waals surface area contributed by atoms with Gasteiger partial charge in [0.25, 0.3) is 0 Å². The third kappa shape index (κ3) is 5.42. The molecule has 1 aromatic carbocycles. The summed E-state index contributed by atoms with van der Waals surface area (Å²) >= 11 is 3.40. The molecule has 2 aromatic rings. The zero-order valence-electron chi connectivity index (χ0n) is 14.8. The van der Waals surface area contributed by atoms with Gasteiger partial charge in [-0.2, -0.15) is 0 Å². The Morgan fingerprint density at radius 2 is 2.00 bits per heavy atom. The SMILES string of the molecule is COc1cc(Br)c2nc(C(=O)O)cc(OCOCC[Si](C)(C)C)c2c1. The Morgan fingerprint density at radius 1 is 1.28 bits per heavy atom. The van der Waals surface area contributed by atoms with E-state index in [0.717, 1.165) is 6.04 Å². The number of rotatable bonds is 8. The van der Waals surface area contributed by atoms with Crippen LogP contribution in [0.4, 0.5) is 0 Å². The summed E-state index contributed by atoms with van der Waals surface area (Å²) in [7, 11) is 0.397. The number of hydrogen-bond acceptors (Lipinski definition) is 5. The third-order valence-corrected chi connectivity index (χ3v) is 5.86. The number of aromatic nitrogens is 1. The van der Waals surface area contributed by atoms with Crippen molar-refractivity contribution in [3.8, 4) is 11.5 Å².